The fourth-order valence-electron chi connectivity index (χ4n) is 1.63. The largest absolute Gasteiger partial charge is 0.396 e. The number of aliphatic hydroxyl groups excluding tert-OH is 1. The van der Waals surface area contributed by atoms with Crippen LogP contribution >= 0.6 is 11.8 Å². The summed E-state index contributed by atoms with van der Waals surface area (Å²) in [5.74, 6) is 1.64. The molecule has 0 aliphatic heterocycles. The number of pyridine rings is 1. The molecular weight excluding hydrogens is 260 g/mol. The van der Waals surface area contributed by atoms with E-state index in [9.17, 15) is 0 Å². The molecule has 0 aliphatic rings. The van der Waals surface area contributed by atoms with Gasteiger partial charge in [-0.05, 0) is 18.6 Å². The molecule has 2 rings (SSSR count). The second kappa shape index (κ2) is 7.06. The number of thioether (sulfide) groups is 1. The van der Waals surface area contributed by atoms with Gasteiger partial charge in [-0.15, -0.1) is 16.8 Å². The fourth-order valence-corrected chi connectivity index (χ4v) is 2.50. The van der Waals surface area contributed by atoms with Crippen LogP contribution in [0.15, 0.2) is 42.3 Å². The first kappa shape index (κ1) is 13.8. The van der Waals surface area contributed by atoms with Crippen LogP contribution in [0.1, 0.15) is 6.42 Å². The Morgan fingerprint density at radius 3 is 2.79 bits per heavy atom. The Labute approximate surface area is 116 Å². The average molecular weight is 276 g/mol. The van der Waals surface area contributed by atoms with E-state index in [4.69, 9.17) is 5.11 Å². The molecule has 0 unspecified atom stereocenters. The van der Waals surface area contributed by atoms with Gasteiger partial charge in [0.1, 0.15) is 0 Å². The van der Waals surface area contributed by atoms with E-state index in [1.165, 1.54) is 0 Å². The minimum Gasteiger partial charge on any atom is -0.396 e. The third kappa shape index (κ3) is 3.42. The Bertz CT molecular complexity index is 527. The van der Waals surface area contributed by atoms with E-state index in [0.29, 0.717) is 6.54 Å². The van der Waals surface area contributed by atoms with Crippen molar-refractivity contribution in [3.05, 3.63) is 37.2 Å². The van der Waals surface area contributed by atoms with Crippen LogP contribution < -0.4 is 0 Å². The van der Waals surface area contributed by atoms with Crippen molar-refractivity contribution in [1.29, 1.82) is 0 Å². The SMILES string of the molecule is C=CCn1c(SCCCO)nnc1-c1ccncc1. The highest BCUT2D eigenvalue weighted by Gasteiger charge is 2.12. The lowest BCUT2D eigenvalue weighted by atomic mass is 10.2. The highest BCUT2D eigenvalue weighted by Crippen LogP contribution is 2.23. The molecule has 0 amide bonds. The summed E-state index contributed by atoms with van der Waals surface area (Å²) in [6, 6.07) is 3.82. The number of aromatic nitrogens is 4. The van der Waals surface area contributed by atoms with Gasteiger partial charge in [-0.25, -0.2) is 0 Å². The predicted molar refractivity (Wildman–Crippen MR) is 75.9 cm³/mol. The third-order valence-electron chi connectivity index (χ3n) is 2.50. The number of hydrogen-bond donors (Lipinski definition) is 1. The van der Waals surface area contributed by atoms with Crippen molar-refractivity contribution in [2.75, 3.05) is 12.4 Å². The van der Waals surface area contributed by atoms with E-state index in [2.05, 4.69) is 21.8 Å². The van der Waals surface area contributed by atoms with E-state index in [-0.39, 0.29) is 6.61 Å². The van der Waals surface area contributed by atoms with Crippen LogP contribution in [0, 0.1) is 0 Å². The van der Waals surface area contributed by atoms with Crippen LogP contribution in [0.3, 0.4) is 0 Å². The number of nitrogens with zero attached hydrogens (tertiary/aromatic N) is 4. The second-order valence-electron chi connectivity index (χ2n) is 3.87. The number of hydrogen-bond acceptors (Lipinski definition) is 5. The summed E-state index contributed by atoms with van der Waals surface area (Å²) < 4.78 is 2.02. The lowest BCUT2D eigenvalue weighted by Gasteiger charge is -2.07. The molecule has 0 spiro atoms. The molecule has 0 atom stereocenters. The van der Waals surface area contributed by atoms with Crippen molar-refractivity contribution in [2.24, 2.45) is 0 Å². The topological polar surface area (TPSA) is 63.8 Å². The molecule has 19 heavy (non-hydrogen) atoms. The van der Waals surface area contributed by atoms with Crippen molar-refractivity contribution in [3.63, 3.8) is 0 Å². The molecule has 1 N–H and O–H groups in total. The summed E-state index contributed by atoms with van der Waals surface area (Å²) in [6.45, 7) is 4.62. The van der Waals surface area contributed by atoms with Crippen molar-refractivity contribution in [1.82, 2.24) is 19.7 Å². The first-order valence-corrected chi connectivity index (χ1v) is 7.03. The van der Waals surface area contributed by atoms with Crippen molar-refractivity contribution >= 4 is 11.8 Å². The molecule has 0 fully saturated rings. The molecule has 0 radical (unpaired) electrons. The van der Waals surface area contributed by atoms with Gasteiger partial charge < -0.3 is 5.11 Å². The Morgan fingerprint density at radius 2 is 2.11 bits per heavy atom. The maximum Gasteiger partial charge on any atom is 0.191 e. The van der Waals surface area contributed by atoms with Crippen LogP contribution in [-0.2, 0) is 6.54 Å². The third-order valence-corrected chi connectivity index (χ3v) is 3.55. The van der Waals surface area contributed by atoms with E-state index in [1.807, 2.05) is 22.8 Å². The summed E-state index contributed by atoms with van der Waals surface area (Å²) in [5, 5.41) is 18.1. The molecular formula is C13H16N4OS. The first-order chi connectivity index (χ1) is 9.36. The van der Waals surface area contributed by atoms with Crippen LogP contribution in [-0.4, -0.2) is 37.2 Å². The Balaban J connectivity index is 2.26. The molecule has 0 saturated carbocycles. The second-order valence-corrected chi connectivity index (χ2v) is 4.93. The van der Waals surface area contributed by atoms with Gasteiger partial charge >= 0.3 is 0 Å². The molecule has 100 valence electrons. The quantitative estimate of drug-likeness (QED) is 0.476. The zero-order valence-electron chi connectivity index (χ0n) is 10.6. The molecule has 0 aliphatic carbocycles. The molecule has 2 aromatic heterocycles. The highest BCUT2D eigenvalue weighted by atomic mass is 32.2. The average Bonchev–Trinajstić information content (AvgIpc) is 2.84. The maximum absolute atomic E-state index is 8.82. The molecule has 0 bridgehead atoms. The normalized spacial score (nSPS) is 10.6. The van der Waals surface area contributed by atoms with Crippen LogP contribution in [0.5, 0.6) is 0 Å². The molecule has 0 aromatic carbocycles. The van der Waals surface area contributed by atoms with Crippen molar-refractivity contribution in [2.45, 2.75) is 18.1 Å². The minimum atomic E-state index is 0.194. The molecule has 5 nitrogen and oxygen atoms in total. The van der Waals surface area contributed by atoms with Crippen molar-refractivity contribution < 1.29 is 5.11 Å². The van der Waals surface area contributed by atoms with Gasteiger partial charge in [0.2, 0.25) is 0 Å². The summed E-state index contributed by atoms with van der Waals surface area (Å²) in [4.78, 5) is 4.00. The zero-order chi connectivity index (χ0) is 13.5. The molecule has 0 saturated heterocycles. The zero-order valence-corrected chi connectivity index (χ0v) is 11.4. The van der Waals surface area contributed by atoms with Gasteiger partial charge in [0, 0.05) is 36.9 Å². The molecule has 6 heteroatoms. The monoisotopic (exact) mass is 276 g/mol. The minimum absolute atomic E-state index is 0.194. The van der Waals surface area contributed by atoms with Crippen LogP contribution in [0.2, 0.25) is 0 Å². The van der Waals surface area contributed by atoms with E-state index in [0.717, 1.165) is 28.7 Å². The smallest absolute Gasteiger partial charge is 0.191 e. The van der Waals surface area contributed by atoms with Gasteiger partial charge in [0.15, 0.2) is 11.0 Å². The summed E-state index contributed by atoms with van der Waals surface area (Å²) in [6.07, 6.45) is 6.04. The maximum atomic E-state index is 8.82. The lowest BCUT2D eigenvalue weighted by Crippen LogP contribution is -2.01. The van der Waals surface area contributed by atoms with Gasteiger partial charge in [0.25, 0.3) is 0 Å². The highest BCUT2D eigenvalue weighted by molar-refractivity contribution is 7.99. The van der Waals surface area contributed by atoms with Gasteiger partial charge in [-0.2, -0.15) is 0 Å². The molecule has 2 heterocycles. The molecule has 2 aromatic rings. The first-order valence-electron chi connectivity index (χ1n) is 6.05. The Kier molecular flexibility index (Phi) is 5.11. The van der Waals surface area contributed by atoms with Crippen LogP contribution in [0.25, 0.3) is 11.4 Å². The van der Waals surface area contributed by atoms with E-state index < -0.39 is 0 Å². The standard InChI is InChI=1S/C13H16N4OS/c1-2-8-17-12(11-4-6-14-7-5-11)15-16-13(17)19-10-3-9-18/h2,4-7,18H,1,3,8-10H2. The fraction of sp³-hybridized carbons (Fsp3) is 0.308. The summed E-state index contributed by atoms with van der Waals surface area (Å²) in [7, 11) is 0. The van der Waals surface area contributed by atoms with Gasteiger partial charge in [-0.1, -0.05) is 17.8 Å². The number of aliphatic hydroxyl groups is 1. The van der Waals surface area contributed by atoms with Gasteiger partial charge in [0.05, 0.1) is 0 Å². The van der Waals surface area contributed by atoms with E-state index >= 15 is 0 Å². The summed E-state index contributed by atoms with van der Waals surface area (Å²) >= 11 is 1.59. The number of allylic oxidation sites excluding steroid dienone is 1. The van der Waals surface area contributed by atoms with E-state index in [1.54, 1.807) is 24.2 Å². The Morgan fingerprint density at radius 1 is 1.32 bits per heavy atom. The van der Waals surface area contributed by atoms with Crippen molar-refractivity contribution in [3.8, 4) is 11.4 Å². The Hall–Kier alpha value is -1.66. The predicted octanol–water partition coefficient (Wildman–Crippen LogP) is 2.00. The van der Waals surface area contributed by atoms with Gasteiger partial charge in [-0.3, -0.25) is 9.55 Å². The number of rotatable bonds is 7. The van der Waals surface area contributed by atoms with Crippen LogP contribution in [0.4, 0.5) is 0 Å². The summed E-state index contributed by atoms with van der Waals surface area (Å²) in [5.41, 5.74) is 0.985. The lowest BCUT2D eigenvalue weighted by molar-refractivity contribution is 0.296.